The molecule has 1 heterocycles. The minimum Gasteiger partial charge on any atom is -0.381 e. The summed E-state index contributed by atoms with van der Waals surface area (Å²) in [5.41, 5.74) is 0.617. The van der Waals surface area contributed by atoms with Crippen molar-refractivity contribution in [3.8, 4) is 6.07 Å². The second-order valence-corrected chi connectivity index (χ2v) is 4.87. The van der Waals surface area contributed by atoms with E-state index < -0.39 is 5.82 Å². The summed E-state index contributed by atoms with van der Waals surface area (Å²) >= 11 is 3.23. The van der Waals surface area contributed by atoms with Crippen LogP contribution in [0.1, 0.15) is 18.4 Å². The van der Waals surface area contributed by atoms with Crippen LogP contribution in [0.5, 0.6) is 0 Å². The molecule has 0 spiro atoms. The number of benzene rings is 1. The van der Waals surface area contributed by atoms with Gasteiger partial charge in [0.15, 0.2) is 0 Å². The molecule has 2 rings (SSSR count). The Hall–Kier alpha value is -1.12. The number of nitrogens with one attached hydrogen (secondary N) is 1. The van der Waals surface area contributed by atoms with E-state index in [9.17, 15) is 4.39 Å². The van der Waals surface area contributed by atoms with E-state index in [0.717, 1.165) is 12.8 Å². The van der Waals surface area contributed by atoms with Gasteiger partial charge in [0.2, 0.25) is 0 Å². The summed E-state index contributed by atoms with van der Waals surface area (Å²) in [5, 5.41) is 12.2. The normalized spacial score (nSPS) is 16.5. The SMILES string of the molecule is N#Cc1c(F)cc(Br)cc1NC1CCOCC1. The summed E-state index contributed by atoms with van der Waals surface area (Å²) < 4.78 is 19.4. The molecule has 17 heavy (non-hydrogen) atoms. The summed E-state index contributed by atoms with van der Waals surface area (Å²) in [7, 11) is 0. The number of rotatable bonds is 2. The van der Waals surface area contributed by atoms with Crippen molar-refractivity contribution in [2.45, 2.75) is 18.9 Å². The number of nitrogens with zero attached hydrogens (tertiary/aromatic N) is 1. The number of anilines is 1. The average Bonchev–Trinajstić information content (AvgIpc) is 2.30. The second kappa shape index (κ2) is 5.48. The van der Waals surface area contributed by atoms with Crippen LogP contribution in [0.3, 0.4) is 0 Å². The minimum atomic E-state index is -0.503. The van der Waals surface area contributed by atoms with Crippen molar-refractivity contribution in [1.29, 1.82) is 5.26 Å². The monoisotopic (exact) mass is 298 g/mol. The lowest BCUT2D eigenvalue weighted by Gasteiger charge is -2.24. The number of hydrogen-bond donors (Lipinski definition) is 1. The van der Waals surface area contributed by atoms with Crippen molar-refractivity contribution < 1.29 is 9.13 Å². The van der Waals surface area contributed by atoms with E-state index in [2.05, 4.69) is 21.2 Å². The summed E-state index contributed by atoms with van der Waals surface area (Å²) in [6.45, 7) is 1.41. The Labute approximate surface area is 108 Å². The standard InChI is InChI=1S/C12H12BrFN2O/c13-8-5-11(14)10(7-15)12(6-8)16-9-1-3-17-4-2-9/h5-6,9,16H,1-4H2. The Morgan fingerprint density at radius 2 is 2.12 bits per heavy atom. The fourth-order valence-corrected chi connectivity index (χ4v) is 2.29. The Morgan fingerprint density at radius 3 is 2.76 bits per heavy atom. The summed E-state index contributed by atoms with van der Waals surface area (Å²) in [4.78, 5) is 0. The lowest BCUT2D eigenvalue weighted by molar-refractivity contribution is 0.0904. The zero-order valence-corrected chi connectivity index (χ0v) is 10.8. The molecule has 1 aromatic carbocycles. The van der Waals surface area contributed by atoms with E-state index in [0.29, 0.717) is 23.4 Å². The van der Waals surface area contributed by atoms with Crippen LogP contribution in [0.2, 0.25) is 0 Å². The first-order valence-corrected chi connectivity index (χ1v) is 6.23. The van der Waals surface area contributed by atoms with Gasteiger partial charge in [-0.15, -0.1) is 0 Å². The van der Waals surface area contributed by atoms with Crippen LogP contribution in [-0.4, -0.2) is 19.3 Å². The lowest BCUT2D eigenvalue weighted by atomic mass is 10.1. The van der Waals surface area contributed by atoms with Crippen LogP contribution in [0.4, 0.5) is 10.1 Å². The van der Waals surface area contributed by atoms with Gasteiger partial charge in [0.1, 0.15) is 17.4 Å². The van der Waals surface area contributed by atoms with Gasteiger partial charge in [0, 0.05) is 23.7 Å². The van der Waals surface area contributed by atoms with Crippen LogP contribution in [0.15, 0.2) is 16.6 Å². The Morgan fingerprint density at radius 1 is 1.41 bits per heavy atom. The first kappa shape index (κ1) is 12.3. The molecule has 0 unspecified atom stereocenters. The Balaban J connectivity index is 2.22. The van der Waals surface area contributed by atoms with E-state index in [1.54, 1.807) is 6.07 Å². The minimum absolute atomic E-state index is 0.0692. The number of nitriles is 1. The smallest absolute Gasteiger partial charge is 0.144 e. The van der Waals surface area contributed by atoms with E-state index in [-0.39, 0.29) is 11.6 Å². The van der Waals surface area contributed by atoms with Gasteiger partial charge in [-0.3, -0.25) is 0 Å². The quantitative estimate of drug-likeness (QED) is 0.913. The highest BCUT2D eigenvalue weighted by Crippen LogP contribution is 2.26. The molecular formula is C12H12BrFN2O. The van der Waals surface area contributed by atoms with Gasteiger partial charge in [-0.1, -0.05) is 15.9 Å². The second-order valence-electron chi connectivity index (χ2n) is 3.95. The molecule has 1 aromatic rings. The number of ether oxygens (including phenoxy) is 1. The molecule has 0 aliphatic carbocycles. The third-order valence-corrected chi connectivity index (χ3v) is 3.21. The fraction of sp³-hybridized carbons (Fsp3) is 0.417. The van der Waals surface area contributed by atoms with E-state index in [4.69, 9.17) is 10.00 Å². The van der Waals surface area contributed by atoms with Gasteiger partial charge in [0.05, 0.1) is 5.69 Å². The molecule has 5 heteroatoms. The first-order valence-electron chi connectivity index (χ1n) is 5.44. The largest absolute Gasteiger partial charge is 0.381 e. The van der Waals surface area contributed by atoms with Crippen molar-refractivity contribution in [2.24, 2.45) is 0 Å². The fourth-order valence-electron chi connectivity index (χ4n) is 1.86. The highest BCUT2D eigenvalue weighted by Gasteiger charge is 2.17. The van der Waals surface area contributed by atoms with Gasteiger partial charge < -0.3 is 10.1 Å². The van der Waals surface area contributed by atoms with Crippen molar-refractivity contribution >= 4 is 21.6 Å². The van der Waals surface area contributed by atoms with Gasteiger partial charge in [0.25, 0.3) is 0 Å². The van der Waals surface area contributed by atoms with Gasteiger partial charge in [-0.05, 0) is 25.0 Å². The molecule has 90 valence electrons. The molecule has 1 N–H and O–H groups in total. The maximum atomic E-state index is 13.5. The lowest BCUT2D eigenvalue weighted by Crippen LogP contribution is -2.28. The zero-order valence-electron chi connectivity index (χ0n) is 9.17. The van der Waals surface area contributed by atoms with Crippen LogP contribution < -0.4 is 5.32 Å². The van der Waals surface area contributed by atoms with Crippen LogP contribution in [0.25, 0.3) is 0 Å². The average molecular weight is 299 g/mol. The molecule has 0 bridgehead atoms. The molecule has 0 atom stereocenters. The third kappa shape index (κ3) is 2.96. The summed E-state index contributed by atoms with van der Waals surface area (Å²) in [5.74, 6) is -0.503. The summed E-state index contributed by atoms with van der Waals surface area (Å²) in [6.07, 6.45) is 1.75. The van der Waals surface area contributed by atoms with Crippen LogP contribution in [0, 0.1) is 17.1 Å². The van der Waals surface area contributed by atoms with Gasteiger partial charge in [-0.25, -0.2) is 4.39 Å². The molecule has 0 amide bonds. The molecule has 0 aromatic heterocycles. The molecule has 1 saturated heterocycles. The molecule has 0 radical (unpaired) electrons. The number of halogens is 2. The van der Waals surface area contributed by atoms with Gasteiger partial charge in [-0.2, -0.15) is 5.26 Å². The summed E-state index contributed by atoms with van der Waals surface area (Å²) in [6, 6.07) is 5.16. The van der Waals surface area contributed by atoms with Gasteiger partial charge >= 0.3 is 0 Å². The zero-order chi connectivity index (χ0) is 12.3. The third-order valence-electron chi connectivity index (χ3n) is 2.75. The molecule has 1 aliphatic heterocycles. The molecule has 1 aliphatic rings. The highest BCUT2D eigenvalue weighted by atomic mass is 79.9. The van der Waals surface area contributed by atoms with Crippen LogP contribution in [-0.2, 0) is 4.74 Å². The molecule has 1 fully saturated rings. The first-order chi connectivity index (χ1) is 8.20. The predicted molar refractivity (Wildman–Crippen MR) is 66.3 cm³/mol. The molecular weight excluding hydrogens is 287 g/mol. The van der Waals surface area contributed by atoms with Crippen molar-refractivity contribution in [2.75, 3.05) is 18.5 Å². The van der Waals surface area contributed by atoms with Crippen molar-refractivity contribution in [3.63, 3.8) is 0 Å². The predicted octanol–water partition coefficient (Wildman–Crippen LogP) is 3.05. The Bertz CT molecular complexity index is 453. The molecule has 0 saturated carbocycles. The highest BCUT2D eigenvalue weighted by molar-refractivity contribution is 9.10. The number of hydrogen-bond acceptors (Lipinski definition) is 3. The van der Waals surface area contributed by atoms with Crippen LogP contribution >= 0.6 is 15.9 Å². The van der Waals surface area contributed by atoms with E-state index in [1.165, 1.54) is 6.07 Å². The van der Waals surface area contributed by atoms with E-state index in [1.807, 2.05) is 6.07 Å². The van der Waals surface area contributed by atoms with E-state index >= 15 is 0 Å². The van der Waals surface area contributed by atoms with Crippen molar-refractivity contribution in [3.05, 3.63) is 28.0 Å². The molecule has 3 nitrogen and oxygen atoms in total. The topological polar surface area (TPSA) is 45.0 Å². The Kier molecular flexibility index (Phi) is 3.97. The maximum absolute atomic E-state index is 13.5. The van der Waals surface area contributed by atoms with Crippen molar-refractivity contribution in [1.82, 2.24) is 0 Å². The maximum Gasteiger partial charge on any atom is 0.144 e.